The molecule has 3 heterocycles. The second kappa shape index (κ2) is 7.46. The van der Waals surface area contributed by atoms with Gasteiger partial charge in [-0.1, -0.05) is 6.07 Å². The van der Waals surface area contributed by atoms with Gasteiger partial charge in [-0.25, -0.2) is 0 Å². The van der Waals surface area contributed by atoms with Crippen LogP contribution in [-0.4, -0.2) is 53.2 Å². The van der Waals surface area contributed by atoms with Crippen LogP contribution in [0.5, 0.6) is 0 Å². The third kappa shape index (κ3) is 4.23. The Hall–Kier alpha value is -2.70. The molecule has 0 radical (unpaired) electrons. The number of rotatable bonds is 4. The number of H-pyrrole nitrogens is 1. The Morgan fingerprint density at radius 2 is 2.12 bits per heavy atom. The molecule has 1 saturated heterocycles. The molecular formula is C18H23N5O2. The lowest BCUT2D eigenvalue weighted by molar-refractivity contribution is 0.0666. The highest BCUT2D eigenvalue weighted by atomic mass is 16.2. The van der Waals surface area contributed by atoms with Crippen LogP contribution in [0.15, 0.2) is 35.1 Å². The first-order chi connectivity index (χ1) is 12.0. The molecule has 1 N–H and O–H groups in total. The van der Waals surface area contributed by atoms with Crippen LogP contribution in [-0.2, 0) is 6.42 Å². The van der Waals surface area contributed by atoms with Crippen molar-refractivity contribution in [2.75, 3.05) is 32.1 Å². The van der Waals surface area contributed by atoms with E-state index >= 15 is 0 Å². The van der Waals surface area contributed by atoms with Crippen LogP contribution in [0.1, 0.15) is 29.0 Å². The summed E-state index contributed by atoms with van der Waals surface area (Å²) in [6, 6.07) is 8.63. The van der Waals surface area contributed by atoms with Gasteiger partial charge in [0.1, 0.15) is 5.69 Å². The molecule has 3 rings (SSSR count). The second-order valence-electron chi connectivity index (χ2n) is 6.67. The predicted octanol–water partition coefficient (Wildman–Crippen LogP) is 1.33. The van der Waals surface area contributed by atoms with Crippen molar-refractivity contribution in [3.63, 3.8) is 0 Å². The van der Waals surface area contributed by atoms with E-state index in [2.05, 4.69) is 15.2 Å². The summed E-state index contributed by atoms with van der Waals surface area (Å²) >= 11 is 0. The van der Waals surface area contributed by atoms with Gasteiger partial charge in [-0.15, -0.1) is 5.10 Å². The van der Waals surface area contributed by atoms with Gasteiger partial charge in [-0.3, -0.25) is 9.59 Å². The standard InChI is InChI=1S/C18H23N5O2/c1-22(2)16-9-8-14(20-21-16)11-13-5-4-10-23(12-13)18(25)15-6-3-7-17(24)19-15/h3,6-9,13H,4-5,10-12H2,1-2H3,(H,19,24)/t13-/m1/s1. The highest BCUT2D eigenvalue weighted by Crippen LogP contribution is 2.21. The van der Waals surface area contributed by atoms with E-state index in [4.69, 9.17) is 0 Å². The summed E-state index contributed by atoms with van der Waals surface area (Å²) in [5.41, 5.74) is 1.04. The maximum atomic E-state index is 12.6. The van der Waals surface area contributed by atoms with E-state index in [1.165, 1.54) is 6.07 Å². The highest BCUT2D eigenvalue weighted by molar-refractivity contribution is 5.92. The number of aromatic nitrogens is 3. The zero-order chi connectivity index (χ0) is 17.8. The molecule has 7 heteroatoms. The minimum atomic E-state index is -0.254. The van der Waals surface area contributed by atoms with Crippen molar-refractivity contribution in [2.45, 2.75) is 19.3 Å². The first-order valence-corrected chi connectivity index (χ1v) is 8.51. The average molecular weight is 341 g/mol. The van der Waals surface area contributed by atoms with Gasteiger partial charge in [-0.2, -0.15) is 5.10 Å². The molecule has 0 spiro atoms. The zero-order valence-electron chi connectivity index (χ0n) is 14.6. The van der Waals surface area contributed by atoms with Crippen LogP contribution in [0.2, 0.25) is 0 Å². The normalized spacial score (nSPS) is 17.4. The van der Waals surface area contributed by atoms with Crippen LogP contribution in [0.3, 0.4) is 0 Å². The van der Waals surface area contributed by atoms with Crippen molar-refractivity contribution in [3.05, 3.63) is 52.1 Å². The molecule has 25 heavy (non-hydrogen) atoms. The minimum absolute atomic E-state index is 0.114. The molecular weight excluding hydrogens is 318 g/mol. The van der Waals surface area contributed by atoms with E-state index < -0.39 is 0 Å². The maximum Gasteiger partial charge on any atom is 0.270 e. The highest BCUT2D eigenvalue weighted by Gasteiger charge is 2.25. The van der Waals surface area contributed by atoms with Gasteiger partial charge in [0.15, 0.2) is 5.82 Å². The average Bonchev–Trinajstić information content (AvgIpc) is 2.62. The van der Waals surface area contributed by atoms with E-state index in [9.17, 15) is 9.59 Å². The number of hydrogen-bond donors (Lipinski definition) is 1. The summed E-state index contributed by atoms with van der Waals surface area (Å²) in [4.78, 5) is 30.4. The van der Waals surface area contributed by atoms with Gasteiger partial charge >= 0.3 is 0 Å². The number of anilines is 1. The molecule has 0 aliphatic carbocycles. The molecule has 1 fully saturated rings. The second-order valence-corrected chi connectivity index (χ2v) is 6.67. The van der Waals surface area contributed by atoms with Crippen molar-refractivity contribution in [2.24, 2.45) is 5.92 Å². The number of likely N-dealkylation sites (tertiary alicyclic amines) is 1. The third-order valence-electron chi connectivity index (χ3n) is 4.47. The van der Waals surface area contributed by atoms with Crippen LogP contribution < -0.4 is 10.5 Å². The fraction of sp³-hybridized carbons (Fsp3) is 0.444. The summed E-state index contributed by atoms with van der Waals surface area (Å²) in [7, 11) is 3.87. The molecule has 1 atom stereocenters. The largest absolute Gasteiger partial charge is 0.361 e. The molecule has 0 aromatic carbocycles. The molecule has 1 amide bonds. The SMILES string of the molecule is CN(C)c1ccc(C[C@H]2CCCN(C(=O)c3cccc(=O)[nH]3)C2)nn1. The van der Waals surface area contributed by atoms with E-state index in [0.717, 1.165) is 37.3 Å². The van der Waals surface area contributed by atoms with Gasteiger partial charge in [0.25, 0.3) is 5.91 Å². The van der Waals surface area contributed by atoms with Crippen LogP contribution in [0, 0.1) is 5.92 Å². The van der Waals surface area contributed by atoms with Gasteiger partial charge in [-0.05, 0) is 43.4 Å². The fourth-order valence-corrected chi connectivity index (χ4v) is 3.16. The van der Waals surface area contributed by atoms with Crippen LogP contribution >= 0.6 is 0 Å². The minimum Gasteiger partial charge on any atom is -0.361 e. The van der Waals surface area contributed by atoms with Crippen LogP contribution in [0.4, 0.5) is 5.82 Å². The van der Waals surface area contributed by atoms with Crippen LogP contribution in [0.25, 0.3) is 0 Å². The molecule has 0 unspecified atom stereocenters. The Bertz CT molecular complexity index is 785. The quantitative estimate of drug-likeness (QED) is 0.907. The molecule has 1 aliphatic heterocycles. The monoisotopic (exact) mass is 341 g/mol. The number of piperidine rings is 1. The molecule has 7 nitrogen and oxygen atoms in total. The summed E-state index contributed by atoms with van der Waals surface area (Å²) in [6.07, 6.45) is 2.82. The van der Waals surface area contributed by atoms with E-state index in [1.807, 2.05) is 36.0 Å². The summed E-state index contributed by atoms with van der Waals surface area (Å²) in [5, 5.41) is 8.50. The smallest absolute Gasteiger partial charge is 0.270 e. The van der Waals surface area contributed by atoms with E-state index in [0.29, 0.717) is 18.2 Å². The molecule has 132 valence electrons. The lowest BCUT2D eigenvalue weighted by Crippen LogP contribution is -2.41. The number of carbonyl (C=O) groups is 1. The van der Waals surface area contributed by atoms with E-state index in [-0.39, 0.29) is 11.5 Å². The predicted molar refractivity (Wildman–Crippen MR) is 95.8 cm³/mol. The molecule has 0 bridgehead atoms. The summed E-state index contributed by atoms with van der Waals surface area (Å²) in [5.74, 6) is 1.07. The van der Waals surface area contributed by atoms with Crippen molar-refractivity contribution in [1.29, 1.82) is 0 Å². The van der Waals surface area contributed by atoms with Crippen molar-refractivity contribution < 1.29 is 4.79 Å². The maximum absolute atomic E-state index is 12.6. The molecule has 0 saturated carbocycles. The summed E-state index contributed by atoms with van der Waals surface area (Å²) < 4.78 is 0. The van der Waals surface area contributed by atoms with E-state index in [1.54, 1.807) is 12.1 Å². The Balaban J connectivity index is 1.64. The number of hydrogen-bond acceptors (Lipinski definition) is 5. The Kier molecular flexibility index (Phi) is 5.11. The number of pyridine rings is 1. The van der Waals surface area contributed by atoms with Crippen molar-refractivity contribution in [1.82, 2.24) is 20.1 Å². The van der Waals surface area contributed by atoms with Gasteiger partial charge in [0.05, 0.1) is 5.69 Å². The van der Waals surface area contributed by atoms with Crippen molar-refractivity contribution >= 4 is 11.7 Å². The Morgan fingerprint density at radius 3 is 2.80 bits per heavy atom. The molecule has 2 aromatic heterocycles. The van der Waals surface area contributed by atoms with Crippen molar-refractivity contribution in [3.8, 4) is 0 Å². The number of aromatic amines is 1. The van der Waals surface area contributed by atoms with Gasteiger partial charge < -0.3 is 14.8 Å². The lowest BCUT2D eigenvalue weighted by Gasteiger charge is -2.32. The molecule has 2 aromatic rings. The number of carbonyl (C=O) groups excluding carboxylic acids is 1. The Labute approximate surface area is 146 Å². The topological polar surface area (TPSA) is 82.2 Å². The third-order valence-corrected chi connectivity index (χ3v) is 4.47. The first kappa shape index (κ1) is 17.1. The van der Waals surface area contributed by atoms with Gasteiger partial charge in [0.2, 0.25) is 5.56 Å². The number of amides is 1. The van der Waals surface area contributed by atoms with Gasteiger partial charge in [0, 0.05) is 33.3 Å². The Morgan fingerprint density at radius 1 is 1.28 bits per heavy atom. The first-order valence-electron chi connectivity index (χ1n) is 8.51. The fourth-order valence-electron chi connectivity index (χ4n) is 3.16. The summed E-state index contributed by atoms with van der Waals surface area (Å²) in [6.45, 7) is 1.39. The number of nitrogens with zero attached hydrogens (tertiary/aromatic N) is 4. The molecule has 1 aliphatic rings. The lowest BCUT2D eigenvalue weighted by atomic mass is 9.93. The number of nitrogens with one attached hydrogen (secondary N) is 1. The zero-order valence-corrected chi connectivity index (χ0v) is 14.6.